The predicted octanol–water partition coefficient (Wildman–Crippen LogP) is 2.37. The Balaban J connectivity index is 1.27. The van der Waals surface area contributed by atoms with Gasteiger partial charge in [-0.2, -0.15) is 0 Å². The number of pyridine rings is 3. The van der Waals surface area contributed by atoms with Crippen LogP contribution in [0.4, 0.5) is 11.6 Å². The number of aryl methyl sites for hydroxylation is 1. The number of anilines is 2. The van der Waals surface area contributed by atoms with E-state index >= 15 is 0 Å². The van der Waals surface area contributed by atoms with Gasteiger partial charge in [0, 0.05) is 55.3 Å². The van der Waals surface area contributed by atoms with Crippen LogP contribution in [0.3, 0.4) is 0 Å². The number of amides is 1. The van der Waals surface area contributed by atoms with Gasteiger partial charge in [-0.25, -0.2) is 9.97 Å². The summed E-state index contributed by atoms with van der Waals surface area (Å²) >= 11 is 0. The Morgan fingerprint density at radius 1 is 1.35 bits per heavy atom. The summed E-state index contributed by atoms with van der Waals surface area (Å²) in [6.07, 6.45) is 7.32. The van der Waals surface area contributed by atoms with Crippen molar-refractivity contribution in [2.24, 2.45) is 11.3 Å². The van der Waals surface area contributed by atoms with E-state index in [-0.39, 0.29) is 17.4 Å². The highest BCUT2D eigenvalue weighted by Crippen LogP contribution is 2.85. The molecule has 31 heavy (non-hydrogen) atoms. The fourth-order valence-corrected chi connectivity index (χ4v) is 5.05. The molecule has 3 atom stereocenters. The minimum absolute atomic E-state index is 0.0193. The maximum atomic E-state index is 13.1. The van der Waals surface area contributed by atoms with E-state index in [1.54, 1.807) is 25.7 Å². The number of hydrogen-bond donors (Lipinski definition) is 2. The molecule has 3 aromatic heterocycles. The molecule has 5 heterocycles. The van der Waals surface area contributed by atoms with Gasteiger partial charge >= 0.3 is 0 Å². The van der Waals surface area contributed by atoms with Crippen LogP contribution in [0.1, 0.15) is 5.56 Å². The van der Waals surface area contributed by atoms with E-state index in [1.807, 2.05) is 25.1 Å². The molecule has 0 saturated heterocycles. The zero-order valence-electron chi connectivity index (χ0n) is 17.3. The topological polar surface area (TPSA) is 106 Å². The third kappa shape index (κ3) is 2.45. The van der Waals surface area contributed by atoms with E-state index in [9.17, 15) is 4.79 Å². The van der Waals surface area contributed by atoms with Crippen LogP contribution in [-0.2, 0) is 9.53 Å². The maximum Gasteiger partial charge on any atom is 0.238 e. The first kappa shape index (κ1) is 18.3. The number of rotatable bonds is 6. The SMILES string of the molecule is COCCN1C=C2[C@H]3C1[C@]23C(=O)Nc1cc2cc(-c3cnccc3C)nc(N)c2cn1. The number of aromatic nitrogens is 3. The molecule has 2 bridgehead atoms. The molecule has 156 valence electrons. The highest BCUT2D eigenvalue weighted by atomic mass is 16.5. The minimum atomic E-state index is -0.348. The highest BCUT2D eigenvalue weighted by molar-refractivity contribution is 6.08. The van der Waals surface area contributed by atoms with Gasteiger partial charge in [-0.15, -0.1) is 0 Å². The quantitative estimate of drug-likeness (QED) is 0.638. The lowest BCUT2D eigenvalue weighted by atomic mass is 10.1. The Kier molecular flexibility index (Phi) is 3.68. The second-order valence-corrected chi connectivity index (χ2v) is 8.43. The van der Waals surface area contributed by atoms with Crippen LogP contribution in [0, 0.1) is 18.3 Å². The van der Waals surface area contributed by atoms with Gasteiger partial charge in [-0.3, -0.25) is 9.78 Å². The summed E-state index contributed by atoms with van der Waals surface area (Å²) in [5, 5.41) is 4.65. The molecular formula is C23H22N6O2. The lowest BCUT2D eigenvalue weighted by molar-refractivity contribution is -0.119. The number of nitrogens with zero attached hydrogens (tertiary/aromatic N) is 4. The van der Waals surface area contributed by atoms with E-state index < -0.39 is 0 Å². The number of carbonyl (C=O) groups excluding carboxylic acids is 1. The van der Waals surface area contributed by atoms with Crippen molar-refractivity contribution in [1.82, 2.24) is 19.9 Å². The van der Waals surface area contributed by atoms with Crippen LogP contribution in [0.15, 0.2) is 48.6 Å². The maximum absolute atomic E-state index is 13.1. The molecule has 7 rings (SSSR count). The average molecular weight is 414 g/mol. The number of nitrogens with one attached hydrogen (secondary N) is 1. The van der Waals surface area contributed by atoms with Gasteiger partial charge in [-0.05, 0) is 41.6 Å². The number of hydrogen-bond acceptors (Lipinski definition) is 7. The third-order valence-corrected chi connectivity index (χ3v) is 6.79. The van der Waals surface area contributed by atoms with Crippen molar-refractivity contribution in [1.29, 1.82) is 0 Å². The summed E-state index contributed by atoms with van der Waals surface area (Å²) in [5.41, 5.74) is 9.83. The Hall–Kier alpha value is -3.52. The number of methoxy groups -OCH3 is 1. The van der Waals surface area contributed by atoms with Crippen molar-refractivity contribution in [2.45, 2.75) is 13.0 Å². The molecule has 3 aromatic rings. The summed E-state index contributed by atoms with van der Waals surface area (Å²) in [4.78, 5) is 28.4. The molecule has 1 unspecified atom stereocenters. The van der Waals surface area contributed by atoms with Crippen molar-refractivity contribution in [3.05, 3.63) is 54.1 Å². The van der Waals surface area contributed by atoms with Crippen molar-refractivity contribution in [2.75, 3.05) is 31.3 Å². The third-order valence-electron chi connectivity index (χ3n) is 6.79. The van der Waals surface area contributed by atoms with Crippen molar-refractivity contribution >= 4 is 28.3 Å². The Labute approximate surface area is 179 Å². The van der Waals surface area contributed by atoms with Gasteiger partial charge in [0.05, 0.1) is 18.3 Å². The van der Waals surface area contributed by atoms with Crippen LogP contribution < -0.4 is 11.1 Å². The van der Waals surface area contributed by atoms with E-state index in [4.69, 9.17) is 10.5 Å². The molecule has 3 N–H and O–H groups in total. The van der Waals surface area contributed by atoms with Crippen LogP contribution >= 0.6 is 0 Å². The number of carbonyl (C=O) groups is 1. The fourth-order valence-electron chi connectivity index (χ4n) is 5.05. The smallest absolute Gasteiger partial charge is 0.238 e. The summed E-state index contributed by atoms with van der Waals surface area (Å²) in [6.45, 7) is 3.48. The van der Waals surface area contributed by atoms with Gasteiger partial charge in [0.15, 0.2) is 0 Å². The summed E-state index contributed by atoms with van der Waals surface area (Å²) in [7, 11) is 1.69. The monoisotopic (exact) mass is 414 g/mol. The number of fused-ring (bicyclic) bond motifs is 2. The fraction of sp³-hybridized carbons (Fsp3) is 0.304. The normalized spacial score (nSPS) is 24.7. The largest absolute Gasteiger partial charge is 0.383 e. The molecule has 0 aromatic carbocycles. The first-order valence-corrected chi connectivity index (χ1v) is 10.3. The first-order valence-electron chi connectivity index (χ1n) is 10.3. The van der Waals surface area contributed by atoms with E-state index in [1.165, 1.54) is 5.57 Å². The van der Waals surface area contributed by atoms with E-state index in [0.717, 1.165) is 34.1 Å². The second kappa shape index (κ2) is 6.24. The van der Waals surface area contributed by atoms with E-state index in [0.29, 0.717) is 24.2 Å². The van der Waals surface area contributed by atoms with Gasteiger partial charge in [-0.1, -0.05) is 0 Å². The van der Waals surface area contributed by atoms with Crippen molar-refractivity contribution in [3.8, 4) is 11.3 Å². The van der Waals surface area contributed by atoms with Gasteiger partial charge in [0.2, 0.25) is 5.91 Å². The molecule has 0 spiro atoms. The summed E-state index contributed by atoms with van der Waals surface area (Å²) < 4.78 is 5.17. The van der Waals surface area contributed by atoms with Crippen molar-refractivity contribution < 1.29 is 9.53 Å². The first-order chi connectivity index (χ1) is 15.1. The Morgan fingerprint density at radius 3 is 3.00 bits per heavy atom. The highest BCUT2D eigenvalue weighted by Gasteiger charge is 2.92. The minimum Gasteiger partial charge on any atom is -0.383 e. The van der Waals surface area contributed by atoms with E-state index in [2.05, 4.69) is 31.4 Å². The second-order valence-electron chi connectivity index (χ2n) is 8.43. The number of nitrogen functional groups attached to an aromatic ring is 1. The Morgan fingerprint density at radius 2 is 2.23 bits per heavy atom. The lowest BCUT2D eigenvalue weighted by Gasteiger charge is -2.18. The number of nitrogens with two attached hydrogens (primary N) is 1. The van der Waals surface area contributed by atoms with Gasteiger partial charge < -0.3 is 20.7 Å². The zero-order valence-corrected chi connectivity index (χ0v) is 17.3. The summed E-state index contributed by atoms with van der Waals surface area (Å²) in [6, 6.07) is 6.03. The molecule has 2 saturated carbocycles. The number of ether oxygens (including phenoxy) is 1. The van der Waals surface area contributed by atoms with Gasteiger partial charge in [0.1, 0.15) is 17.1 Å². The molecule has 2 fully saturated rings. The molecule has 2 aliphatic heterocycles. The molecule has 8 heteroatoms. The van der Waals surface area contributed by atoms with Crippen LogP contribution in [0.5, 0.6) is 0 Å². The molecule has 1 amide bonds. The molecular weight excluding hydrogens is 392 g/mol. The standard InChI is InChI=1S/C23H22N6O2/c1-12-3-4-25-9-14(12)17-7-13-8-18(26-10-15(13)21(24)27-17)28-22(30)23-16-11-29(5-6-31-2)20(23)19(16)23/h3-4,7-11,19-20H,5-6H2,1-2H3,(H2,24,27)(H,26,28,30)/t19-,20?,23-/m0/s1. The van der Waals surface area contributed by atoms with Crippen molar-refractivity contribution in [3.63, 3.8) is 0 Å². The Bertz CT molecular complexity index is 1290. The predicted molar refractivity (Wildman–Crippen MR) is 117 cm³/mol. The average Bonchev–Trinajstić information content (AvgIpc) is 3.52. The van der Waals surface area contributed by atoms with Gasteiger partial charge in [0.25, 0.3) is 0 Å². The summed E-state index contributed by atoms with van der Waals surface area (Å²) in [5.74, 6) is 1.31. The van der Waals surface area contributed by atoms with Crippen LogP contribution in [0.2, 0.25) is 0 Å². The molecule has 4 aliphatic rings. The molecule has 2 aliphatic carbocycles. The lowest BCUT2D eigenvalue weighted by Crippen LogP contribution is -2.30. The van der Waals surface area contributed by atoms with Crippen LogP contribution in [-0.4, -0.2) is 52.1 Å². The van der Waals surface area contributed by atoms with Crippen LogP contribution in [0.25, 0.3) is 22.0 Å². The molecule has 8 nitrogen and oxygen atoms in total. The zero-order chi connectivity index (χ0) is 21.3. The molecule has 0 radical (unpaired) electrons.